The minimum absolute atomic E-state index is 0.0740. The van der Waals surface area contributed by atoms with Gasteiger partial charge in [0.25, 0.3) is 0 Å². The molecule has 1 aliphatic rings. The summed E-state index contributed by atoms with van der Waals surface area (Å²) in [5.41, 5.74) is 8.29. The Hall–Kier alpha value is -3.84. The molecule has 0 saturated carbocycles. The summed E-state index contributed by atoms with van der Waals surface area (Å²) in [5.74, 6) is 0.186. The standard InChI is InChI=1S/C23H25FN8O/c1-14(29-23-19(11-25)22(26)27-13-28-23)18-9-16-3-4-17(24)10-20(16)30-21(18)12-31-5-7-32(8-6-31)15(2)33/h3-4,9-10,13-14H,5-8,12H2,1-2H3,(H3,26,27,28,29). The summed E-state index contributed by atoms with van der Waals surface area (Å²) in [4.78, 5) is 28.5. The van der Waals surface area contributed by atoms with Gasteiger partial charge >= 0.3 is 0 Å². The number of nitrogens with one attached hydrogen (secondary N) is 1. The van der Waals surface area contributed by atoms with Crippen LogP contribution in [0.5, 0.6) is 0 Å². The predicted molar refractivity (Wildman–Crippen MR) is 122 cm³/mol. The van der Waals surface area contributed by atoms with Crippen molar-refractivity contribution in [3.8, 4) is 6.07 Å². The molecule has 2 aromatic heterocycles. The maximum absolute atomic E-state index is 13.9. The molecule has 9 nitrogen and oxygen atoms in total. The van der Waals surface area contributed by atoms with Gasteiger partial charge in [-0.3, -0.25) is 14.7 Å². The molecule has 1 saturated heterocycles. The molecule has 170 valence electrons. The molecule has 0 bridgehead atoms. The van der Waals surface area contributed by atoms with Gasteiger partial charge in [0.05, 0.1) is 17.3 Å². The van der Waals surface area contributed by atoms with Crippen LogP contribution in [0.3, 0.4) is 0 Å². The van der Waals surface area contributed by atoms with Crippen molar-refractivity contribution in [3.05, 3.63) is 53.2 Å². The number of nitriles is 1. The Kier molecular flexibility index (Phi) is 6.33. The number of carbonyl (C=O) groups is 1. The quantitative estimate of drug-likeness (QED) is 0.610. The van der Waals surface area contributed by atoms with Gasteiger partial charge in [0.15, 0.2) is 0 Å². The molecule has 3 aromatic rings. The topological polar surface area (TPSA) is 124 Å². The SMILES string of the molecule is CC(=O)N1CCN(Cc2nc3cc(F)ccc3cc2C(C)Nc2ncnc(N)c2C#N)CC1. The normalized spacial score (nSPS) is 15.3. The highest BCUT2D eigenvalue weighted by Gasteiger charge is 2.22. The van der Waals surface area contributed by atoms with Crippen molar-refractivity contribution in [2.24, 2.45) is 0 Å². The summed E-state index contributed by atoms with van der Waals surface area (Å²) in [7, 11) is 0. The van der Waals surface area contributed by atoms with Crippen LogP contribution < -0.4 is 11.1 Å². The Bertz CT molecular complexity index is 1230. The Morgan fingerprint density at radius 1 is 1.27 bits per heavy atom. The summed E-state index contributed by atoms with van der Waals surface area (Å²) in [6, 6.07) is 8.29. The van der Waals surface area contributed by atoms with Crippen LogP contribution in [0.15, 0.2) is 30.6 Å². The summed E-state index contributed by atoms with van der Waals surface area (Å²) < 4.78 is 13.9. The predicted octanol–water partition coefficient (Wildman–Crippen LogP) is 2.45. The van der Waals surface area contributed by atoms with E-state index in [4.69, 9.17) is 10.7 Å². The van der Waals surface area contributed by atoms with Crippen molar-refractivity contribution >= 4 is 28.4 Å². The molecule has 0 radical (unpaired) electrons. The van der Waals surface area contributed by atoms with Crippen LogP contribution in [0.2, 0.25) is 0 Å². The zero-order valence-corrected chi connectivity index (χ0v) is 18.5. The first-order valence-corrected chi connectivity index (χ1v) is 10.7. The lowest BCUT2D eigenvalue weighted by Gasteiger charge is -2.34. The molecule has 10 heteroatoms. The minimum atomic E-state index is -0.343. The van der Waals surface area contributed by atoms with Crippen molar-refractivity contribution < 1.29 is 9.18 Å². The molecule has 3 heterocycles. The molecule has 0 aliphatic carbocycles. The average molecular weight is 449 g/mol. The first kappa shape index (κ1) is 22.4. The number of nitrogens with two attached hydrogens (primary N) is 1. The summed E-state index contributed by atoms with van der Waals surface area (Å²) in [6.07, 6.45) is 1.31. The zero-order chi connectivity index (χ0) is 23.5. The Labute approximate surface area is 191 Å². The number of carbonyl (C=O) groups excluding carboxylic acids is 1. The second kappa shape index (κ2) is 9.34. The van der Waals surface area contributed by atoms with Crippen LogP contribution in [0.1, 0.15) is 36.7 Å². The Morgan fingerprint density at radius 2 is 2.03 bits per heavy atom. The molecule has 1 fully saturated rings. The second-order valence-corrected chi connectivity index (χ2v) is 8.10. The van der Waals surface area contributed by atoms with E-state index in [2.05, 4.69) is 20.2 Å². The largest absolute Gasteiger partial charge is 0.382 e. The van der Waals surface area contributed by atoms with E-state index < -0.39 is 0 Å². The van der Waals surface area contributed by atoms with Crippen LogP contribution in [0.4, 0.5) is 16.0 Å². The van der Waals surface area contributed by atoms with Gasteiger partial charge in [0.1, 0.15) is 35.4 Å². The first-order valence-electron chi connectivity index (χ1n) is 10.7. The molecule has 1 amide bonds. The van der Waals surface area contributed by atoms with Crippen LogP contribution >= 0.6 is 0 Å². The molecule has 0 spiro atoms. The Morgan fingerprint density at radius 3 is 2.73 bits per heavy atom. The summed E-state index contributed by atoms with van der Waals surface area (Å²) >= 11 is 0. The van der Waals surface area contributed by atoms with Crippen molar-refractivity contribution in [2.45, 2.75) is 26.4 Å². The lowest BCUT2D eigenvalue weighted by molar-refractivity contribution is -0.130. The first-order chi connectivity index (χ1) is 15.9. The molecular weight excluding hydrogens is 423 g/mol. The average Bonchev–Trinajstić information content (AvgIpc) is 2.79. The molecule has 1 unspecified atom stereocenters. The fraction of sp³-hybridized carbons (Fsp3) is 0.348. The number of nitrogen functional groups attached to an aromatic ring is 1. The molecule has 33 heavy (non-hydrogen) atoms. The van der Waals surface area contributed by atoms with Gasteiger partial charge in [0.2, 0.25) is 5.91 Å². The summed E-state index contributed by atoms with van der Waals surface area (Å²) in [5, 5.41) is 13.5. The van der Waals surface area contributed by atoms with Gasteiger partial charge in [-0.25, -0.2) is 14.4 Å². The lowest BCUT2D eigenvalue weighted by atomic mass is 10.0. The van der Waals surface area contributed by atoms with E-state index in [0.29, 0.717) is 31.0 Å². The number of benzene rings is 1. The number of halogens is 1. The van der Waals surface area contributed by atoms with Crippen LogP contribution in [-0.2, 0) is 11.3 Å². The Balaban J connectivity index is 1.66. The van der Waals surface area contributed by atoms with E-state index >= 15 is 0 Å². The number of anilines is 2. The fourth-order valence-electron chi connectivity index (χ4n) is 4.03. The number of amides is 1. The summed E-state index contributed by atoms with van der Waals surface area (Å²) in [6.45, 7) is 6.85. The maximum Gasteiger partial charge on any atom is 0.219 e. The van der Waals surface area contributed by atoms with Gasteiger partial charge in [0, 0.05) is 51.1 Å². The molecule has 1 aliphatic heterocycles. The van der Waals surface area contributed by atoms with E-state index in [1.54, 1.807) is 13.0 Å². The molecule has 1 atom stereocenters. The third-order valence-electron chi connectivity index (χ3n) is 5.89. The molecule has 3 N–H and O–H groups in total. The zero-order valence-electron chi connectivity index (χ0n) is 18.5. The second-order valence-electron chi connectivity index (χ2n) is 8.10. The maximum atomic E-state index is 13.9. The van der Waals surface area contributed by atoms with E-state index in [1.165, 1.54) is 18.5 Å². The number of aromatic nitrogens is 3. The molecule has 1 aromatic carbocycles. The number of fused-ring (bicyclic) bond motifs is 1. The minimum Gasteiger partial charge on any atom is -0.382 e. The monoisotopic (exact) mass is 448 g/mol. The van der Waals surface area contributed by atoms with Gasteiger partial charge in [-0.15, -0.1) is 0 Å². The third kappa shape index (κ3) is 4.83. The highest BCUT2D eigenvalue weighted by Crippen LogP contribution is 2.28. The van der Waals surface area contributed by atoms with Crippen LogP contribution in [0, 0.1) is 17.1 Å². The smallest absolute Gasteiger partial charge is 0.219 e. The van der Waals surface area contributed by atoms with Crippen LogP contribution in [0.25, 0.3) is 10.9 Å². The number of rotatable bonds is 5. The number of hydrogen-bond donors (Lipinski definition) is 2. The highest BCUT2D eigenvalue weighted by molar-refractivity contribution is 5.80. The van der Waals surface area contributed by atoms with Crippen molar-refractivity contribution in [2.75, 3.05) is 37.2 Å². The number of piperazine rings is 1. The van der Waals surface area contributed by atoms with Gasteiger partial charge in [-0.2, -0.15) is 5.26 Å². The van der Waals surface area contributed by atoms with E-state index in [1.807, 2.05) is 24.0 Å². The van der Waals surface area contributed by atoms with Gasteiger partial charge in [-0.1, -0.05) is 0 Å². The third-order valence-corrected chi connectivity index (χ3v) is 5.89. The molecular formula is C23H25FN8O. The van der Waals surface area contributed by atoms with Gasteiger partial charge in [-0.05, 0) is 30.7 Å². The van der Waals surface area contributed by atoms with E-state index in [0.717, 1.165) is 29.7 Å². The van der Waals surface area contributed by atoms with Crippen molar-refractivity contribution in [3.63, 3.8) is 0 Å². The number of nitrogens with zero attached hydrogens (tertiary/aromatic N) is 6. The van der Waals surface area contributed by atoms with Crippen LogP contribution in [-0.4, -0.2) is 56.8 Å². The van der Waals surface area contributed by atoms with Crippen molar-refractivity contribution in [1.82, 2.24) is 24.8 Å². The molecule has 4 rings (SSSR count). The lowest BCUT2D eigenvalue weighted by Crippen LogP contribution is -2.47. The van der Waals surface area contributed by atoms with Gasteiger partial charge < -0.3 is 16.0 Å². The van der Waals surface area contributed by atoms with E-state index in [-0.39, 0.29) is 29.1 Å². The van der Waals surface area contributed by atoms with E-state index in [9.17, 15) is 14.4 Å². The number of pyridine rings is 1. The van der Waals surface area contributed by atoms with Crippen molar-refractivity contribution in [1.29, 1.82) is 5.26 Å². The number of hydrogen-bond acceptors (Lipinski definition) is 8. The highest BCUT2D eigenvalue weighted by atomic mass is 19.1. The fourth-order valence-corrected chi connectivity index (χ4v) is 4.03.